The molecule has 10 heteroatoms. The van der Waals surface area contributed by atoms with Crippen molar-refractivity contribution in [2.75, 3.05) is 20.3 Å². The molecule has 1 rings (SSSR count). The van der Waals surface area contributed by atoms with Crippen molar-refractivity contribution in [1.82, 2.24) is 0 Å². The zero-order valence-electron chi connectivity index (χ0n) is 21.1. The first-order valence-corrected chi connectivity index (χ1v) is 24.3. The van der Waals surface area contributed by atoms with Gasteiger partial charge in [0.25, 0.3) is 0 Å². The van der Waals surface area contributed by atoms with Crippen molar-refractivity contribution in [3.05, 3.63) is 0 Å². The summed E-state index contributed by atoms with van der Waals surface area (Å²) in [6.07, 6.45) is -0.840. The average Bonchev–Trinajstić information content (AvgIpc) is 2.73. The van der Waals surface area contributed by atoms with Crippen molar-refractivity contribution in [1.29, 1.82) is 0 Å². The van der Waals surface area contributed by atoms with E-state index in [1.165, 1.54) is 0 Å². The Morgan fingerprint density at radius 1 is 0.690 bits per heavy atom. The fraction of sp³-hybridized carbons (Fsp3) is 1.00. The predicted octanol–water partition coefficient (Wildman–Crippen LogP) is 4.87. The highest BCUT2D eigenvalue weighted by Crippen LogP contribution is 2.40. The normalized spacial score (nSPS) is 29.5. The summed E-state index contributed by atoms with van der Waals surface area (Å²) in [4.78, 5) is 0. The van der Waals surface area contributed by atoms with Gasteiger partial charge in [0, 0.05) is 7.11 Å². The Bertz CT molecular complexity index is 521. The van der Waals surface area contributed by atoms with Crippen LogP contribution in [0.2, 0.25) is 78.6 Å². The van der Waals surface area contributed by atoms with Gasteiger partial charge >= 0.3 is 0 Å². The summed E-state index contributed by atoms with van der Waals surface area (Å²) in [5.74, 6) is -0.988. The van der Waals surface area contributed by atoms with Gasteiger partial charge in [-0.1, -0.05) is 0 Å². The third kappa shape index (κ3) is 9.75. The van der Waals surface area contributed by atoms with Crippen LogP contribution in [-0.2, 0) is 27.2 Å². The summed E-state index contributed by atoms with van der Waals surface area (Å²) in [5, 5.41) is 0. The zero-order chi connectivity index (χ0) is 22.9. The monoisotopic (exact) mass is 482 g/mol. The van der Waals surface area contributed by atoms with Crippen molar-refractivity contribution >= 4 is 33.3 Å². The van der Waals surface area contributed by atoms with Crippen LogP contribution in [0.5, 0.6) is 0 Å². The van der Waals surface area contributed by atoms with Crippen LogP contribution in [0.25, 0.3) is 0 Å². The molecule has 0 radical (unpaired) electrons. The van der Waals surface area contributed by atoms with Crippen LogP contribution >= 0.6 is 0 Å². The molecule has 0 N–H and O–H groups in total. The molecule has 0 aliphatic carbocycles. The highest BCUT2D eigenvalue weighted by Gasteiger charge is 2.59. The minimum Gasteiger partial charge on any atom is -0.415 e. The van der Waals surface area contributed by atoms with E-state index < -0.39 is 39.1 Å². The van der Waals surface area contributed by atoms with Crippen LogP contribution in [0, 0.1) is 0 Å². The molecule has 0 aromatic carbocycles. The molecule has 1 unspecified atom stereocenters. The second kappa shape index (κ2) is 9.63. The Kier molecular flexibility index (Phi) is 9.19. The SMILES string of the molecule is COC1(CO[Si](C)(C)C)O[C@H](CO[Si](C)(C)C)[C@@H](O[Si](C)(C)C)[C@@H]1O[Si](C)(C)C. The van der Waals surface area contributed by atoms with E-state index in [9.17, 15) is 0 Å². The summed E-state index contributed by atoms with van der Waals surface area (Å²) < 4.78 is 38.4. The van der Waals surface area contributed by atoms with Crippen molar-refractivity contribution in [2.45, 2.75) is 103 Å². The maximum Gasteiger partial charge on any atom is 0.219 e. The van der Waals surface area contributed by atoms with Gasteiger partial charge in [-0.15, -0.1) is 0 Å². The summed E-state index contributed by atoms with van der Waals surface area (Å²) in [6.45, 7) is 27.0. The van der Waals surface area contributed by atoms with Crippen LogP contribution in [0.4, 0.5) is 0 Å². The Morgan fingerprint density at radius 2 is 1.17 bits per heavy atom. The van der Waals surface area contributed by atoms with Gasteiger partial charge in [0.15, 0.2) is 33.3 Å². The van der Waals surface area contributed by atoms with E-state index in [-0.39, 0.29) is 18.3 Å². The van der Waals surface area contributed by atoms with Crippen LogP contribution in [0.3, 0.4) is 0 Å². The first-order valence-electron chi connectivity index (χ1n) is 10.6. The van der Waals surface area contributed by atoms with Crippen molar-refractivity contribution in [2.24, 2.45) is 0 Å². The fourth-order valence-electron chi connectivity index (χ4n) is 3.04. The second-order valence-electron chi connectivity index (χ2n) is 11.8. The molecule has 0 aromatic heterocycles. The molecule has 0 spiro atoms. The molecule has 29 heavy (non-hydrogen) atoms. The van der Waals surface area contributed by atoms with Gasteiger partial charge in [0.1, 0.15) is 18.3 Å². The molecule has 0 aromatic rings. The highest BCUT2D eigenvalue weighted by molar-refractivity contribution is 6.71. The van der Waals surface area contributed by atoms with Crippen LogP contribution in [0.15, 0.2) is 0 Å². The summed E-state index contributed by atoms with van der Waals surface area (Å²) in [6, 6.07) is 0. The van der Waals surface area contributed by atoms with Crippen molar-refractivity contribution in [3.8, 4) is 0 Å². The molecule has 1 heterocycles. The van der Waals surface area contributed by atoms with Gasteiger partial charge in [-0.2, -0.15) is 0 Å². The molecule has 174 valence electrons. The first-order chi connectivity index (χ1) is 12.8. The molecule has 0 bridgehead atoms. The maximum absolute atomic E-state index is 6.67. The zero-order valence-corrected chi connectivity index (χ0v) is 25.1. The Hall–Kier alpha value is 0.628. The summed E-state index contributed by atoms with van der Waals surface area (Å²) in [5.41, 5.74) is 0. The van der Waals surface area contributed by atoms with E-state index >= 15 is 0 Å². The molecule has 0 saturated carbocycles. The van der Waals surface area contributed by atoms with Crippen molar-refractivity contribution in [3.63, 3.8) is 0 Å². The molecule has 0 amide bonds. The van der Waals surface area contributed by atoms with Gasteiger partial charge in [0.2, 0.25) is 5.79 Å². The first kappa shape index (κ1) is 27.7. The van der Waals surface area contributed by atoms with Gasteiger partial charge in [0.05, 0.1) is 13.2 Å². The number of methoxy groups -OCH3 is 1. The maximum atomic E-state index is 6.67. The molecule has 1 saturated heterocycles. The van der Waals surface area contributed by atoms with E-state index in [0.717, 1.165) is 0 Å². The average molecular weight is 483 g/mol. The third-order valence-electron chi connectivity index (χ3n) is 4.15. The lowest BCUT2D eigenvalue weighted by molar-refractivity contribution is -0.257. The van der Waals surface area contributed by atoms with Crippen LogP contribution in [0.1, 0.15) is 0 Å². The van der Waals surface area contributed by atoms with Gasteiger partial charge in [-0.3, -0.25) is 0 Å². The molecular weight excluding hydrogens is 437 g/mol. The molecule has 1 fully saturated rings. The summed E-state index contributed by atoms with van der Waals surface area (Å²) in [7, 11) is -5.58. The lowest BCUT2D eigenvalue weighted by Crippen LogP contribution is -2.56. The van der Waals surface area contributed by atoms with Gasteiger partial charge < -0.3 is 27.2 Å². The number of hydrogen-bond acceptors (Lipinski definition) is 6. The fourth-order valence-corrected chi connectivity index (χ4v) is 6.50. The van der Waals surface area contributed by atoms with E-state index in [2.05, 4.69) is 78.6 Å². The predicted molar refractivity (Wildman–Crippen MR) is 130 cm³/mol. The minimum atomic E-state index is -1.91. The van der Waals surface area contributed by atoms with Gasteiger partial charge in [-0.25, -0.2) is 0 Å². The number of rotatable bonds is 11. The lowest BCUT2D eigenvalue weighted by atomic mass is 10.1. The lowest BCUT2D eigenvalue weighted by Gasteiger charge is -2.39. The highest BCUT2D eigenvalue weighted by atomic mass is 28.4. The quantitative estimate of drug-likeness (QED) is 0.392. The van der Waals surface area contributed by atoms with Crippen LogP contribution < -0.4 is 0 Å². The topological polar surface area (TPSA) is 55.4 Å². The Morgan fingerprint density at radius 3 is 1.55 bits per heavy atom. The van der Waals surface area contributed by atoms with Gasteiger partial charge in [-0.05, 0) is 78.6 Å². The molecule has 6 nitrogen and oxygen atoms in total. The minimum absolute atomic E-state index is 0.241. The van der Waals surface area contributed by atoms with Crippen molar-refractivity contribution < 1.29 is 27.2 Å². The standard InChI is InChI=1S/C19H46O6Si4/c1-20-19(15-22-27(5,6)7)18(25-29(11,12)13)17(24-28(8,9)10)16(23-19)14-21-26(2,3)4/h16-18H,14-15H2,1-13H3/t16-,17-,18+,19?/m1/s1. The van der Waals surface area contributed by atoms with E-state index in [4.69, 9.17) is 27.2 Å². The third-order valence-corrected chi connectivity index (χ3v) is 8.14. The van der Waals surface area contributed by atoms with E-state index in [1.807, 2.05) is 0 Å². The smallest absolute Gasteiger partial charge is 0.219 e. The van der Waals surface area contributed by atoms with E-state index in [1.54, 1.807) is 7.11 Å². The van der Waals surface area contributed by atoms with E-state index in [0.29, 0.717) is 13.2 Å². The Balaban J connectivity index is 3.31. The number of hydrogen-bond donors (Lipinski definition) is 0. The Labute approximate surface area is 183 Å². The number of ether oxygens (including phenoxy) is 2. The molecular formula is C19H46O6Si4. The largest absolute Gasteiger partial charge is 0.415 e. The molecule has 4 atom stereocenters. The second-order valence-corrected chi connectivity index (χ2v) is 29.8. The van der Waals surface area contributed by atoms with Crippen LogP contribution in [-0.4, -0.2) is 77.7 Å². The molecule has 1 aliphatic rings. The molecule has 1 aliphatic heterocycles. The summed E-state index contributed by atoms with van der Waals surface area (Å²) >= 11 is 0.